The van der Waals surface area contributed by atoms with Crippen molar-refractivity contribution in [3.05, 3.63) is 47.4 Å². The van der Waals surface area contributed by atoms with Gasteiger partial charge in [0.25, 0.3) is 5.89 Å². The lowest BCUT2D eigenvalue weighted by Gasteiger charge is -2.28. The number of hydrogen-bond donors (Lipinski definition) is 2. The molecule has 0 aliphatic carbocycles. The molecule has 1 saturated heterocycles. The van der Waals surface area contributed by atoms with Crippen LogP contribution < -0.4 is 5.32 Å². The Kier molecular flexibility index (Phi) is 3.50. The zero-order valence-corrected chi connectivity index (χ0v) is 11.0. The molecule has 0 saturated carbocycles. The zero-order valence-electron chi connectivity index (χ0n) is 11.0. The highest BCUT2D eigenvalue weighted by molar-refractivity contribution is 5.21. The largest absolute Gasteiger partial charge is 0.380 e. The van der Waals surface area contributed by atoms with E-state index in [0.29, 0.717) is 37.3 Å². The first-order chi connectivity index (χ1) is 9.67. The third-order valence-electron chi connectivity index (χ3n) is 3.60. The van der Waals surface area contributed by atoms with E-state index in [4.69, 9.17) is 4.52 Å². The number of nitrogens with one attached hydrogen (secondary N) is 1. The van der Waals surface area contributed by atoms with Gasteiger partial charge in [0, 0.05) is 6.42 Å². The van der Waals surface area contributed by atoms with Crippen molar-refractivity contribution >= 4 is 0 Å². The summed E-state index contributed by atoms with van der Waals surface area (Å²) < 4.78 is 18.7. The van der Waals surface area contributed by atoms with Crippen molar-refractivity contribution in [1.82, 2.24) is 15.5 Å². The van der Waals surface area contributed by atoms with Crippen molar-refractivity contribution in [2.75, 3.05) is 13.1 Å². The van der Waals surface area contributed by atoms with Gasteiger partial charge in [-0.1, -0.05) is 23.4 Å². The Morgan fingerprint density at radius 3 is 2.80 bits per heavy atom. The second kappa shape index (κ2) is 5.30. The molecular formula is C14H16FN3O2. The van der Waals surface area contributed by atoms with E-state index >= 15 is 0 Å². The average molecular weight is 277 g/mol. The number of nitrogens with zero attached hydrogens (tertiary/aromatic N) is 2. The maximum atomic E-state index is 13.6. The Morgan fingerprint density at radius 1 is 1.30 bits per heavy atom. The summed E-state index contributed by atoms with van der Waals surface area (Å²) in [6.07, 6.45) is 1.33. The molecule has 106 valence electrons. The van der Waals surface area contributed by atoms with Crippen LogP contribution >= 0.6 is 0 Å². The second-order valence-electron chi connectivity index (χ2n) is 5.07. The molecule has 2 aromatic rings. The molecule has 0 radical (unpaired) electrons. The van der Waals surface area contributed by atoms with Gasteiger partial charge in [-0.25, -0.2) is 4.39 Å². The summed E-state index contributed by atoms with van der Waals surface area (Å²) in [5, 5.41) is 17.5. The third-order valence-corrected chi connectivity index (χ3v) is 3.60. The molecule has 0 spiro atoms. The average Bonchev–Trinajstić information content (AvgIpc) is 2.92. The van der Waals surface area contributed by atoms with E-state index < -0.39 is 5.60 Å². The highest BCUT2D eigenvalue weighted by Crippen LogP contribution is 2.29. The number of hydrogen-bond acceptors (Lipinski definition) is 5. The first kappa shape index (κ1) is 13.2. The molecule has 1 aliphatic heterocycles. The van der Waals surface area contributed by atoms with Gasteiger partial charge < -0.3 is 14.9 Å². The lowest BCUT2D eigenvalue weighted by molar-refractivity contribution is -0.0228. The fraction of sp³-hybridized carbons (Fsp3) is 0.429. The molecule has 2 heterocycles. The van der Waals surface area contributed by atoms with E-state index in [-0.39, 0.29) is 18.1 Å². The van der Waals surface area contributed by atoms with Crippen LogP contribution in [0.25, 0.3) is 0 Å². The maximum Gasteiger partial charge on any atom is 0.258 e. The summed E-state index contributed by atoms with van der Waals surface area (Å²) in [6, 6.07) is 6.49. The lowest BCUT2D eigenvalue weighted by atomic mass is 9.92. The standard InChI is InChI=1S/C14H16FN3O2/c15-11-4-2-1-3-10(11)9-12-17-13(20-18-12)14(19)5-7-16-8-6-14/h1-4,16,19H,5-9H2. The van der Waals surface area contributed by atoms with Crippen LogP contribution in [0.3, 0.4) is 0 Å². The predicted octanol–water partition coefficient (Wildman–Crippen LogP) is 1.37. The molecule has 1 aromatic heterocycles. The van der Waals surface area contributed by atoms with Gasteiger partial charge in [0.1, 0.15) is 11.4 Å². The van der Waals surface area contributed by atoms with Gasteiger partial charge in [-0.3, -0.25) is 0 Å². The van der Waals surface area contributed by atoms with Gasteiger partial charge in [0.2, 0.25) is 0 Å². The van der Waals surface area contributed by atoms with E-state index in [1.54, 1.807) is 18.2 Å². The molecule has 0 unspecified atom stereocenters. The van der Waals surface area contributed by atoms with Crippen LogP contribution in [0.5, 0.6) is 0 Å². The van der Waals surface area contributed by atoms with Gasteiger partial charge in [0.05, 0.1) is 0 Å². The maximum absolute atomic E-state index is 13.6. The molecule has 5 nitrogen and oxygen atoms in total. The van der Waals surface area contributed by atoms with Crippen LogP contribution in [0.2, 0.25) is 0 Å². The number of piperidine rings is 1. The summed E-state index contributed by atoms with van der Waals surface area (Å²) in [7, 11) is 0. The van der Waals surface area contributed by atoms with Crippen molar-refractivity contribution in [3.63, 3.8) is 0 Å². The molecular weight excluding hydrogens is 261 g/mol. The van der Waals surface area contributed by atoms with E-state index in [9.17, 15) is 9.50 Å². The summed E-state index contributed by atoms with van der Waals surface area (Å²) in [4.78, 5) is 4.22. The van der Waals surface area contributed by atoms with E-state index in [1.807, 2.05) is 0 Å². The van der Waals surface area contributed by atoms with Gasteiger partial charge >= 0.3 is 0 Å². The van der Waals surface area contributed by atoms with Crippen LogP contribution in [-0.4, -0.2) is 28.3 Å². The van der Waals surface area contributed by atoms with Crippen molar-refractivity contribution in [3.8, 4) is 0 Å². The van der Waals surface area contributed by atoms with Crippen molar-refractivity contribution < 1.29 is 14.0 Å². The molecule has 3 rings (SSSR count). The number of aromatic nitrogens is 2. The smallest absolute Gasteiger partial charge is 0.258 e. The van der Waals surface area contributed by atoms with E-state index in [0.717, 1.165) is 0 Å². The molecule has 20 heavy (non-hydrogen) atoms. The van der Waals surface area contributed by atoms with Crippen LogP contribution in [0.15, 0.2) is 28.8 Å². The van der Waals surface area contributed by atoms with Gasteiger partial charge in [-0.2, -0.15) is 4.98 Å². The quantitative estimate of drug-likeness (QED) is 0.886. The SMILES string of the molecule is OC1(c2nc(Cc3ccccc3F)no2)CCNCC1. The van der Waals surface area contributed by atoms with Crippen LogP contribution in [0, 0.1) is 5.82 Å². The minimum Gasteiger partial charge on any atom is -0.380 e. The molecule has 0 atom stereocenters. The van der Waals surface area contributed by atoms with Crippen LogP contribution in [0.1, 0.15) is 30.1 Å². The third kappa shape index (κ3) is 2.57. The Hall–Kier alpha value is -1.79. The van der Waals surface area contributed by atoms with Gasteiger partial charge in [-0.05, 0) is 37.6 Å². The number of benzene rings is 1. The summed E-state index contributed by atoms with van der Waals surface area (Å²) >= 11 is 0. The number of halogens is 1. The summed E-state index contributed by atoms with van der Waals surface area (Å²) in [5.41, 5.74) is -0.553. The molecule has 1 aliphatic rings. The Bertz CT molecular complexity index is 594. The first-order valence-corrected chi connectivity index (χ1v) is 6.67. The number of aliphatic hydroxyl groups is 1. The minimum absolute atomic E-state index is 0.227. The molecule has 6 heteroatoms. The van der Waals surface area contributed by atoms with E-state index in [2.05, 4.69) is 15.5 Å². The minimum atomic E-state index is -1.06. The molecule has 1 aromatic carbocycles. The Balaban J connectivity index is 1.78. The van der Waals surface area contributed by atoms with Gasteiger partial charge in [-0.15, -0.1) is 0 Å². The molecule has 2 N–H and O–H groups in total. The van der Waals surface area contributed by atoms with Crippen molar-refractivity contribution in [2.24, 2.45) is 0 Å². The molecule has 0 amide bonds. The van der Waals surface area contributed by atoms with Crippen LogP contribution in [-0.2, 0) is 12.0 Å². The lowest BCUT2D eigenvalue weighted by Crippen LogP contribution is -2.39. The molecule has 0 bridgehead atoms. The normalized spacial score (nSPS) is 18.1. The topological polar surface area (TPSA) is 71.2 Å². The predicted molar refractivity (Wildman–Crippen MR) is 69.5 cm³/mol. The Morgan fingerprint density at radius 2 is 2.05 bits per heavy atom. The highest BCUT2D eigenvalue weighted by Gasteiger charge is 2.36. The first-order valence-electron chi connectivity index (χ1n) is 6.67. The fourth-order valence-corrected chi connectivity index (χ4v) is 2.38. The molecule has 1 fully saturated rings. The van der Waals surface area contributed by atoms with Gasteiger partial charge in [0.15, 0.2) is 5.82 Å². The fourth-order valence-electron chi connectivity index (χ4n) is 2.38. The summed E-state index contributed by atoms with van der Waals surface area (Å²) in [6.45, 7) is 1.42. The van der Waals surface area contributed by atoms with Crippen molar-refractivity contribution in [1.29, 1.82) is 0 Å². The van der Waals surface area contributed by atoms with Crippen molar-refractivity contribution in [2.45, 2.75) is 24.9 Å². The summed E-state index contributed by atoms with van der Waals surface area (Å²) in [5.74, 6) is 0.321. The van der Waals surface area contributed by atoms with E-state index in [1.165, 1.54) is 6.07 Å². The second-order valence-corrected chi connectivity index (χ2v) is 5.07. The Labute approximate surface area is 115 Å². The number of rotatable bonds is 3. The van der Waals surface area contributed by atoms with Crippen LogP contribution in [0.4, 0.5) is 4.39 Å². The highest BCUT2D eigenvalue weighted by atomic mass is 19.1. The monoisotopic (exact) mass is 277 g/mol. The zero-order chi connectivity index (χ0) is 14.0.